The lowest BCUT2D eigenvalue weighted by Gasteiger charge is -2.10. The Bertz CT molecular complexity index is 932. The van der Waals surface area contributed by atoms with E-state index in [0.717, 1.165) is 5.69 Å². The van der Waals surface area contributed by atoms with E-state index in [1.54, 1.807) is 24.3 Å². The van der Waals surface area contributed by atoms with E-state index in [0.29, 0.717) is 22.7 Å². The first-order valence-corrected chi connectivity index (χ1v) is 8.91. The fourth-order valence-corrected chi connectivity index (χ4v) is 2.68. The summed E-state index contributed by atoms with van der Waals surface area (Å²) in [4.78, 5) is 24.9. The second-order valence-electron chi connectivity index (χ2n) is 6.63. The van der Waals surface area contributed by atoms with E-state index in [9.17, 15) is 9.59 Å². The van der Waals surface area contributed by atoms with Crippen molar-refractivity contribution >= 4 is 23.2 Å². The number of benzene rings is 3. The molecule has 2 N–H and O–H groups in total. The molecule has 4 heteroatoms. The van der Waals surface area contributed by atoms with Crippen molar-refractivity contribution in [3.05, 3.63) is 95.6 Å². The molecule has 0 heterocycles. The van der Waals surface area contributed by atoms with Gasteiger partial charge in [-0.1, -0.05) is 50.2 Å². The molecule has 2 amide bonds. The fourth-order valence-electron chi connectivity index (χ4n) is 2.68. The molecule has 0 radical (unpaired) electrons. The standard InChI is InChI=1S/C23H22N2O2/c1-16(2)17-11-13-21(14-12-17)25-23(27)19-8-6-7-18(15-19)22(26)24-20-9-4-3-5-10-20/h3-16H,1-2H3,(H,24,26)(H,25,27). The SMILES string of the molecule is CC(C)c1ccc(NC(=O)c2cccc(C(=O)Nc3ccccc3)c2)cc1. The summed E-state index contributed by atoms with van der Waals surface area (Å²) in [7, 11) is 0. The normalized spacial score (nSPS) is 10.5. The Hall–Kier alpha value is -3.40. The number of hydrogen-bond donors (Lipinski definition) is 2. The highest BCUT2D eigenvalue weighted by atomic mass is 16.2. The van der Waals surface area contributed by atoms with Crippen molar-refractivity contribution < 1.29 is 9.59 Å². The van der Waals surface area contributed by atoms with Crippen molar-refractivity contribution in [1.29, 1.82) is 0 Å². The molecule has 0 saturated heterocycles. The maximum Gasteiger partial charge on any atom is 0.255 e. The molecule has 0 fully saturated rings. The summed E-state index contributed by atoms with van der Waals surface area (Å²) in [6.07, 6.45) is 0. The zero-order chi connectivity index (χ0) is 19.2. The largest absolute Gasteiger partial charge is 0.322 e. The molecule has 0 atom stereocenters. The van der Waals surface area contributed by atoms with Crippen LogP contribution in [0.1, 0.15) is 46.0 Å². The van der Waals surface area contributed by atoms with Crippen LogP contribution in [-0.2, 0) is 0 Å². The van der Waals surface area contributed by atoms with Gasteiger partial charge < -0.3 is 10.6 Å². The van der Waals surface area contributed by atoms with Crippen LogP contribution in [0.5, 0.6) is 0 Å². The minimum absolute atomic E-state index is 0.248. The van der Waals surface area contributed by atoms with E-state index in [4.69, 9.17) is 0 Å². The number of hydrogen-bond acceptors (Lipinski definition) is 2. The molecule has 0 saturated carbocycles. The summed E-state index contributed by atoms with van der Waals surface area (Å²) >= 11 is 0. The highest BCUT2D eigenvalue weighted by Crippen LogP contribution is 2.18. The Kier molecular flexibility index (Phi) is 5.67. The first-order valence-electron chi connectivity index (χ1n) is 8.91. The predicted molar refractivity (Wildman–Crippen MR) is 109 cm³/mol. The van der Waals surface area contributed by atoms with Gasteiger partial charge in [0.15, 0.2) is 0 Å². The van der Waals surface area contributed by atoms with E-state index < -0.39 is 0 Å². The van der Waals surface area contributed by atoms with Gasteiger partial charge in [-0.2, -0.15) is 0 Å². The zero-order valence-electron chi connectivity index (χ0n) is 15.4. The summed E-state index contributed by atoms with van der Waals surface area (Å²) in [6, 6.07) is 23.7. The van der Waals surface area contributed by atoms with Crippen LogP contribution >= 0.6 is 0 Å². The molecule has 136 valence electrons. The van der Waals surface area contributed by atoms with Crippen molar-refractivity contribution in [1.82, 2.24) is 0 Å². The minimum atomic E-state index is -0.253. The lowest BCUT2D eigenvalue weighted by molar-refractivity contribution is 0.102. The van der Waals surface area contributed by atoms with Gasteiger partial charge in [0.05, 0.1) is 0 Å². The number of carbonyl (C=O) groups is 2. The summed E-state index contributed by atoms with van der Waals surface area (Å²) in [6.45, 7) is 4.25. The van der Waals surface area contributed by atoms with Crippen LogP contribution in [0.15, 0.2) is 78.9 Å². The van der Waals surface area contributed by atoms with Crippen LogP contribution in [0.25, 0.3) is 0 Å². The molecule has 4 nitrogen and oxygen atoms in total. The van der Waals surface area contributed by atoms with Crippen LogP contribution in [0, 0.1) is 0 Å². The first kappa shape index (κ1) is 18.4. The van der Waals surface area contributed by atoms with Crippen LogP contribution in [0.4, 0.5) is 11.4 Å². The summed E-state index contributed by atoms with van der Waals surface area (Å²) < 4.78 is 0. The van der Waals surface area contributed by atoms with Crippen LogP contribution in [-0.4, -0.2) is 11.8 Å². The van der Waals surface area contributed by atoms with Gasteiger partial charge in [-0.25, -0.2) is 0 Å². The Morgan fingerprint density at radius 2 is 1.19 bits per heavy atom. The third kappa shape index (κ3) is 4.82. The van der Waals surface area contributed by atoms with Crippen LogP contribution < -0.4 is 10.6 Å². The van der Waals surface area contributed by atoms with Gasteiger partial charge in [0.25, 0.3) is 11.8 Å². The Morgan fingerprint density at radius 3 is 1.70 bits per heavy atom. The minimum Gasteiger partial charge on any atom is -0.322 e. The maximum atomic E-state index is 12.5. The predicted octanol–water partition coefficient (Wildman–Crippen LogP) is 5.31. The molecule has 3 rings (SSSR count). The zero-order valence-corrected chi connectivity index (χ0v) is 15.4. The van der Waals surface area contributed by atoms with E-state index in [1.165, 1.54) is 5.56 Å². The number of para-hydroxylation sites is 1. The van der Waals surface area contributed by atoms with E-state index in [-0.39, 0.29) is 11.8 Å². The highest BCUT2D eigenvalue weighted by molar-refractivity contribution is 6.08. The van der Waals surface area contributed by atoms with Gasteiger partial charge in [-0.15, -0.1) is 0 Å². The molecule has 0 spiro atoms. The van der Waals surface area contributed by atoms with E-state index in [1.807, 2.05) is 54.6 Å². The van der Waals surface area contributed by atoms with Crippen molar-refractivity contribution in [3.8, 4) is 0 Å². The Balaban J connectivity index is 1.70. The van der Waals surface area contributed by atoms with E-state index >= 15 is 0 Å². The third-order valence-electron chi connectivity index (χ3n) is 4.25. The van der Waals surface area contributed by atoms with Gasteiger partial charge in [-0.3, -0.25) is 9.59 Å². The van der Waals surface area contributed by atoms with Gasteiger partial charge >= 0.3 is 0 Å². The summed E-state index contributed by atoms with van der Waals surface area (Å²) in [5, 5.41) is 5.69. The molecule has 27 heavy (non-hydrogen) atoms. The highest BCUT2D eigenvalue weighted by Gasteiger charge is 2.11. The second kappa shape index (κ2) is 8.32. The monoisotopic (exact) mass is 358 g/mol. The lowest BCUT2D eigenvalue weighted by atomic mass is 10.0. The smallest absolute Gasteiger partial charge is 0.255 e. The van der Waals surface area contributed by atoms with Gasteiger partial charge in [-0.05, 0) is 53.9 Å². The summed E-state index contributed by atoms with van der Waals surface area (Å²) in [5.41, 5.74) is 3.52. The average molecular weight is 358 g/mol. The van der Waals surface area contributed by atoms with Crippen molar-refractivity contribution in [2.75, 3.05) is 10.6 Å². The lowest BCUT2D eigenvalue weighted by Crippen LogP contribution is -2.15. The van der Waals surface area contributed by atoms with Crippen LogP contribution in [0.2, 0.25) is 0 Å². The van der Waals surface area contributed by atoms with Gasteiger partial charge in [0.1, 0.15) is 0 Å². The fraction of sp³-hybridized carbons (Fsp3) is 0.130. The number of amides is 2. The number of nitrogens with one attached hydrogen (secondary N) is 2. The number of carbonyl (C=O) groups excluding carboxylic acids is 2. The summed E-state index contributed by atoms with van der Waals surface area (Å²) in [5.74, 6) is -0.0617. The molecule has 0 aromatic heterocycles. The average Bonchev–Trinajstić information content (AvgIpc) is 2.69. The van der Waals surface area contributed by atoms with Crippen molar-refractivity contribution in [2.24, 2.45) is 0 Å². The molecule has 3 aromatic rings. The topological polar surface area (TPSA) is 58.2 Å². The molecule has 3 aromatic carbocycles. The molecule has 0 aliphatic heterocycles. The van der Waals surface area contributed by atoms with Crippen molar-refractivity contribution in [3.63, 3.8) is 0 Å². The Labute approximate surface area is 159 Å². The van der Waals surface area contributed by atoms with Gasteiger partial charge in [0.2, 0.25) is 0 Å². The number of anilines is 2. The molecular weight excluding hydrogens is 336 g/mol. The molecule has 0 unspecified atom stereocenters. The molecule has 0 aliphatic carbocycles. The third-order valence-corrected chi connectivity index (χ3v) is 4.25. The molecule has 0 bridgehead atoms. The number of rotatable bonds is 5. The molecule has 0 aliphatic rings. The quantitative estimate of drug-likeness (QED) is 0.649. The maximum absolute atomic E-state index is 12.5. The van der Waals surface area contributed by atoms with Crippen LogP contribution in [0.3, 0.4) is 0 Å². The van der Waals surface area contributed by atoms with E-state index in [2.05, 4.69) is 24.5 Å². The van der Waals surface area contributed by atoms with Crippen molar-refractivity contribution in [2.45, 2.75) is 19.8 Å². The Morgan fingerprint density at radius 1 is 0.667 bits per heavy atom. The second-order valence-corrected chi connectivity index (χ2v) is 6.63. The van der Waals surface area contributed by atoms with Gasteiger partial charge in [0, 0.05) is 22.5 Å². The molecular formula is C23H22N2O2. The first-order chi connectivity index (χ1) is 13.0.